The van der Waals surface area contributed by atoms with Gasteiger partial charge in [0, 0.05) is 6.54 Å². The SMILES string of the molecule is CCNCCCN1C(=O)C(=O)c2cc(C(F)(F)F)ccc21. The minimum absolute atomic E-state index is 0.168. The molecule has 0 spiro atoms. The standard InChI is InChI=1S/C14H15F3N2O2/c1-2-18-6-3-7-19-11-5-4-9(14(15,16)17)8-10(11)12(20)13(19)21/h4-5,8,18H,2-3,6-7H2,1H3. The molecule has 0 saturated carbocycles. The maximum atomic E-state index is 12.6. The number of benzene rings is 1. The molecule has 21 heavy (non-hydrogen) atoms. The summed E-state index contributed by atoms with van der Waals surface area (Å²) in [4.78, 5) is 24.9. The lowest BCUT2D eigenvalue weighted by Crippen LogP contribution is -2.32. The summed E-state index contributed by atoms with van der Waals surface area (Å²) < 4.78 is 37.9. The van der Waals surface area contributed by atoms with Crippen molar-refractivity contribution in [2.75, 3.05) is 24.5 Å². The fraction of sp³-hybridized carbons (Fsp3) is 0.429. The van der Waals surface area contributed by atoms with Crippen molar-refractivity contribution in [2.45, 2.75) is 19.5 Å². The van der Waals surface area contributed by atoms with E-state index in [0.717, 1.165) is 18.7 Å². The van der Waals surface area contributed by atoms with Crippen molar-refractivity contribution in [3.05, 3.63) is 29.3 Å². The molecule has 4 nitrogen and oxygen atoms in total. The van der Waals surface area contributed by atoms with Crippen LogP contribution >= 0.6 is 0 Å². The molecule has 7 heteroatoms. The van der Waals surface area contributed by atoms with Crippen LogP contribution in [-0.4, -0.2) is 31.3 Å². The Balaban J connectivity index is 2.22. The van der Waals surface area contributed by atoms with Crippen molar-refractivity contribution in [1.82, 2.24) is 5.32 Å². The molecule has 114 valence electrons. The third kappa shape index (κ3) is 3.07. The van der Waals surface area contributed by atoms with Gasteiger partial charge in [0.1, 0.15) is 0 Å². The van der Waals surface area contributed by atoms with Gasteiger partial charge < -0.3 is 10.2 Å². The second kappa shape index (κ2) is 5.85. The van der Waals surface area contributed by atoms with Crippen LogP contribution in [0.1, 0.15) is 29.3 Å². The van der Waals surface area contributed by atoms with Crippen LogP contribution < -0.4 is 10.2 Å². The predicted molar refractivity (Wildman–Crippen MR) is 71.3 cm³/mol. The summed E-state index contributed by atoms with van der Waals surface area (Å²) in [6.45, 7) is 3.71. The zero-order valence-electron chi connectivity index (χ0n) is 11.5. The Morgan fingerprint density at radius 2 is 1.95 bits per heavy atom. The minimum atomic E-state index is -4.53. The molecule has 0 radical (unpaired) electrons. The minimum Gasteiger partial charge on any atom is -0.317 e. The first-order valence-electron chi connectivity index (χ1n) is 6.64. The number of Topliss-reactive ketones (excluding diaryl/α,β-unsaturated/α-hetero) is 1. The van der Waals surface area contributed by atoms with Crippen LogP contribution in [-0.2, 0) is 11.0 Å². The fourth-order valence-electron chi connectivity index (χ4n) is 2.24. The van der Waals surface area contributed by atoms with Crippen molar-refractivity contribution >= 4 is 17.4 Å². The van der Waals surface area contributed by atoms with Gasteiger partial charge in [-0.1, -0.05) is 6.92 Å². The molecule has 0 aliphatic carbocycles. The maximum absolute atomic E-state index is 12.6. The van der Waals surface area contributed by atoms with E-state index >= 15 is 0 Å². The van der Waals surface area contributed by atoms with Gasteiger partial charge in [-0.25, -0.2) is 0 Å². The topological polar surface area (TPSA) is 49.4 Å². The zero-order chi connectivity index (χ0) is 15.6. The summed E-state index contributed by atoms with van der Waals surface area (Å²) in [6, 6.07) is 2.83. The molecular formula is C14H15F3N2O2. The van der Waals surface area contributed by atoms with E-state index in [9.17, 15) is 22.8 Å². The van der Waals surface area contributed by atoms with Gasteiger partial charge in [0.15, 0.2) is 0 Å². The number of fused-ring (bicyclic) bond motifs is 1. The predicted octanol–water partition coefficient (Wildman–Crippen LogP) is 2.23. The molecule has 0 unspecified atom stereocenters. The molecule has 1 N–H and O–H groups in total. The van der Waals surface area contributed by atoms with E-state index in [1.165, 1.54) is 11.0 Å². The van der Waals surface area contributed by atoms with Gasteiger partial charge >= 0.3 is 6.18 Å². The zero-order valence-corrected chi connectivity index (χ0v) is 11.5. The summed E-state index contributed by atoms with van der Waals surface area (Å²) in [5.74, 6) is -1.64. The number of rotatable bonds is 5. The van der Waals surface area contributed by atoms with Crippen molar-refractivity contribution in [2.24, 2.45) is 0 Å². The van der Waals surface area contributed by atoms with Crippen LogP contribution in [0.3, 0.4) is 0 Å². The lowest BCUT2D eigenvalue weighted by molar-refractivity contribution is -0.137. The lowest BCUT2D eigenvalue weighted by Gasteiger charge is -2.17. The van der Waals surface area contributed by atoms with Crippen molar-refractivity contribution < 1.29 is 22.8 Å². The summed E-state index contributed by atoms with van der Waals surface area (Å²) >= 11 is 0. The monoisotopic (exact) mass is 300 g/mol. The Hall–Kier alpha value is -1.89. The van der Waals surface area contributed by atoms with Gasteiger partial charge in [-0.05, 0) is 37.7 Å². The molecule has 2 rings (SSSR count). The molecule has 0 fully saturated rings. The van der Waals surface area contributed by atoms with Crippen molar-refractivity contribution in [1.29, 1.82) is 0 Å². The highest BCUT2D eigenvalue weighted by atomic mass is 19.4. The molecule has 1 aromatic carbocycles. The number of alkyl halides is 3. The van der Waals surface area contributed by atoms with Gasteiger partial charge in [0.2, 0.25) is 0 Å². The Morgan fingerprint density at radius 1 is 1.24 bits per heavy atom. The highest BCUT2D eigenvalue weighted by molar-refractivity contribution is 6.52. The number of carbonyl (C=O) groups excluding carboxylic acids is 2. The number of nitrogens with one attached hydrogen (secondary N) is 1. The quantitative estimate of drug-likeness (QED) is 0.670. The molecule has 0 atom stereocenters. The first-order valence-corrected chi connectivity index (χ1v) is 6.64. The number of carbonyl (C=O) groups is 2. The summed E-state index contributed by atoms with van der Waals surface area (Å²) in [6.07, 6.45) is -3.91. The Labute approximate surface area is 119 Å². The molecule has 1 heterocycles. The van der Waals surface area contributed by atoms with Gasteiger partial charge in [-0.15, -0.1) is 0 Å². The maximum Gasteiger partial charge on any atom is 0.416 e. The van der Waals surface area contributed by atoms with E-state index in [4.69, 9.17) is 0 Å². The summed E-state index contributed by atoms with van der Waals surface area (Å²) in [5, 5.41) is 3.08. The average Bonchev–Trinajstić information content (AvgIpc) is 2.67. The van der Waals surface area contributed by atoms with Crippen molar-refractivity contribution in [3.8, 4) is 0 Å². The molecule has 0 saturated heterocycles. The molecule has 1 aliphatic heterocycles. The van der Waals surface area contributed by atoms with Crippen LogP contribution in [0.4, 0.5) is 18.9 Å². The largest absolute Gasteiger partial charge is 0.416 e. The van der Waals surface area contributed by atoms with Crippen LogP contribution in [0, 0.1) is 0 Å². The Kier molecular flexibility index (Phi) is 4.32. The number of hydrogen-bond acceptors (Lipinski definition) is 3. The lowest BCUT2D eigenvalue weighted by atomic mass is 10.1. The van der Waals surface area contributed by atoms with E-state index in [-0.39, 0.29) is 11.3 Å². The molecule has 1 aromatic rings. The van der Waals surface area contributed by atoms with E-state index in [1.807, 2.05) is 6.92 Å². The smallest absolute Gasteiger partial charge is 0.317 e. The Bertz CT molecular complexity index is 570. The molecule has 1 amide bonds. The van der Waals surface area contributed by atoms with Gasteiger partial charge in [0.05, 0.1) is 16.8 Å². The van der Waals surface area contributed by atoms with E-state index in [2.05, 4.69) is 5.32 Å². The van der Waals surface area contributed by atoms with Gasteiger partial charge in [-0.3, -0.25) is 9.59 Å². The number of amides is 1. The number of nitrogens with zero attached hydrogens (tertiary/aromatic N) is 1. The number of halogens is 3. The molecule has 0 bridgehead atoms. The Morgan fingerprint density at radius 3 is 2.57 bits per heavy atom. The van der Waals surface area contributed by atoms with E-state index in [1.54, 1.807) is 0 Å². The normalized spacial score (nSPS) is 14.8. The van der Waals surface area contributed by atoms with Gasteiger partial charge in [0.25, 0.3) is 11.7 Å². The third-order valence-corrected chi connectivity index (χ3v) is 3.28. The second-order valence-electron chi connectivity index (χ2n) is 4.72. The number of hydrogen-bond donors (Lipinski definition) is 1. The van der Waals surface area contributed by atoms with Crippen LogP contribution in [0.5, 0.6) is 0 Å². The highest BCUT2D eigenvalue weighted by Crippen LogP contribution is 2.35. The number of ketones is 1. The van der Waals surface area contributed by atoms with Crippen LogP contribution in [0.15, 0.2) is 18.2 Å². The molecule has 1 aliphatic rings. The summed E-state index contributed by atoms with van der Waals surface area (Å²) in [5.41, 5.74) is -0.829. The van der Waals surface area contributed by atoms with Crippen LogP contribution in [0.25, 0.3) is 0 Å². The van der Waals surface area contributed by atoms with Gasteiger partial charge in [-0.2, -0.15) is 13.2 Å². The van der Waals surface area contributed by atoms with Crippen molar-refractivity contribution in [3.63, 3.8) is 0 Å². The van der Waals surface area contributed by atoms with E-state index in [0.29, 0.717) is 19.5 Å². The summed E-state index contributed by atoms with van der Waals surface area (Å²) in [7, 11) is 0. The average molecular weight is 300 g/mol. The fourth-order valence-corrected chi connectivity index (χ4v) is 2.24. The molecular weight excluding hydrogens is 285 g/mol. The van der Waals surface area contributed by atoms with Crippen LogP contribution in [0.2, 0.25) is 0 Å². The van der Waals surface area contributed by atoms with E-state index < -0.39 is 23.4 Å². The first kappa shape index (κ1) is 15.5. The second-order valence-corrected chi connectivity index (χ2v) is 4.72. The highest BCUT2D eigenvalue weighted by Gasteiger charge is 2.38. The number of anilines is 1. The molecule has 0 aromatic heterocycles. The first-order chi connectivity index (χ1) is 9.86. The third-order valence-electron chi connectivity index (χ3n) is 3.28.